The number of likely N-dealkylation sites (N-methyl/N-ethyl adjacent to an activating group) is 1. The smallest absolute Gasteiger partial charge is 0.337 e. The van der Waals surface area contributed by atoms with E-state index in [0.717, 1.165) is 11.1 Å². The molecular weight excluding hydrogens is 340 g/mol. The maximum absolute atomic E-state index is 12.1. The van der Waals surface area contributed by atoms with Gasteiger partial charge in [0, 0.05) is 18.1 Å². The SMILES string of the molecule is COC(=O)c1ccc(CNC(=O)CN(C)Cc2cccc(Cl)c2)cc1. The predicted octanol–water partition coefficient (Wildman–Crippen LogP) is 2.87. The summed E-state index contributed by atoms with van der Waals surface area (Å²) in [6, 6.07) is 14.5. The highest BCUT2D eigenvalue weighted by Crippen LogP contribution is 2.12. The quantitative estimate of drug-likeness (QED) is 0.771. The lowest BCUT2D eigenvalue weighted by Gasteiger charge is -2.16. The minimum Gasteiger partial charge on any atom is -0.465 e. The number of amides is 1. The molecule has 0 aliphatic carbocycles. The van der Waals surface area contributed by atoms with Crippen LogP contribution in [0.25, 0.3) is 0 Å². The van der Waals surface area contributed by atoms with Crippen molar-refractivity contribution in [3.63, 3.8) is 0 Å². The third kappa shape index (κ3) is 6.21. The minimum absolute atomic E-state index is 0.0680. The van der Waals surface area contributed by atoms with Crippen LogP contribution in [0.2, 0.25) is 5.02 Å². The number of halogens is 1. The lowest BCUT2D eigenvalue weighted by atomic mass is 10.1. The second-order valence-electron chi connectivity index (χ2n) is 5.77. The number of methoxy groups -OCH3 is 1. The Balaban J connectivity index is 1.79. The van der Waals surface area contributed by atoms with Gasteiger partial charge in [0.2, 0.25) is 5.91 Å². The van der Waals surface area contributed by atoms with Crippen molar-refractivity contribution in [3.8, 4) is 0 Å². The maximum atomic E-state index is 12.1. The summed E-state index contributed by atoms with van der Waals surface area (Å²) in [5.74, 6) is -0.445. The monoisotopic (exact) mass is 360 g/mol. The van der Waals surface area contributed by atoms with Crippen LogP contribution in [-0.2, 0) is 22.6 Å². The van der Waals surface area contributed by atoms with Gasteiger partial charge in [0.15, 0.2) is 0 Å². The minimum atomic E-state index is -0.377. The highest BCUT2D eigenvalue weighted by atomic mass is 35.5. The molecule has 0 saturated heterocycles. The zero-order valence-electron chi connectivity index (χ0n) is 14.3. The number of carbonyl (C=O) groups is 2. The van der Waals surface area contributed by atoms with Crippen LogP contribution in [0, 0.1) is 0 Å². The van der Waals surface area contributed by atoms with Crippen LogP contribution < -0.4 is 5.32 Å². The Morgan fingerprint density at radius 3 is 2.48 bits per heavy atom. The normalized spacial score (nSPS) is 10.6. The number of hydrogen-bond acceptors (Lipinski definition) is 4. The van der Waals surface area contributed by atoms with Gasteiger partial charge in [0.25, 0.3) is 0 Å². The van der Waals surface area contributed by atoms with Gasteiger partial charge >= 0.3 is 5.97 Å². The Morgan fingerprint density at radius 1 is 1.12 bits per heavy atom. The Hall–Kier alpha value is -2.37. The average molecular weight is 361 g/mol. The van der Waals surface area contributed by atoms with Crippen molar-refractivity contribution in [2.75, 3.05) is 20.7 Å². The number of nitrogens with zero attached hydrogens (tertiary/aromatic N) is 1. The van der Waals surface area contributed by atoms with Gasteiger partial charge in [-0.05, 0) is 42.4 Å². The van der Waals surface area contributed by atoms with Crippen molar-refractivity contribution >= 4 is 23.5 Å². The highest BCUT2D eigenvalue weighted by Gasteiger charge is 2.08. The van der Waals surface area contributed by atoms with Gasteiger partial charge in [-0.3, -0.25) is 9.69 Å². The lowest BCUT2D eigenvalue weighted by Crippen LogP contribution is -2.34. The van der Waals surface area contributed by atoms with Gasteiger partial charge in [0.1, 0.15) is 0 Å². The molecule has 0 atom stereocenters. The summed E-state index contributed by atoms with van der Waals surface area (Å²) < 4.78 is 4.65. The van der Waals surface area contributed by atoms with E-state index in [1.165, 1.54) is 7.11 Å². The molecule has 0 spiro atoms. The summed E-state index contributed by atoms with van der Waals surface area (Å²) >= 11 is 5.96. The predicted molar refractivity (Wildman–Crippen MR) is 97.4 cm³/mol. The van der Waals surface area contributed by atoms with E-state index in [1.807, 2.05) is 36.2 Å². The second-order valence-corrected chi connectivity index (χ2v) is 6.20. The number of rotatable bonds is 7. The Morgan fingerprint density at radius 2 is 1.84 bits per heavy atom. The van der Waals surface area contributed by atoms with Crippen LogP contribution in [0.1, 0.15) is 21.5 Å². The van der Waals surface area contributed by atoms with Gasteiger partial charge in [0.05, 0.1) is 19.2 Å². The molecular formula is C19H21ClN2O3. The largest absolute Gasteiger partial charge is 0.465 e. The first kappa shape index (κ1) is 19.0. The van der Waals surface area contributed by atoms with Crippen LogP contribution in [-0.4, -0.2) is 37.5 Å². The van der Waals surface area contributed by atoms with E-state index in [2.05, 4.69) is 10.1 Å². The number of esters is 1. The molecule has 5 nitrogen and oxygen atoms in total. The fourth-order valence-corrected chi connectivity index (χ4v) is 2.59. The number of carbonyl (C=O) groups excluding carboxylic acids is 2. The molecule has 0 saturated carbocycles. The second kappa shape index (κ2) is 9.20. The van der Waals surface area contributed by atoms with E-state index in [4.69, 9.17) is 11.6 Å². The first-order valence-electron chi connectivity index (χ1n) is 7.85. The van der Waals surface area contributed by atoms with Crippen molar-refractivity contribution in [2.24, 2.45) is 0 Å². The first-order valence-corrected chi connectivity index (χ1v) is 8.22. The van der Waals surface area contributed by atoms with E-state index < -0.39 is 0 Å². The summed E-state index contributed by atoms with van der Waals surface area (Å²) in [6.07, 6.45) is 0. The molecule has 2 aromatic carbocycles. The maximum Gasteiger partial charge on any atom is 0.337 e. The third-order valence-corrected chi connectivity index (χ3v) is 3.85. The van der Waals surface area contributed by atoms with Crippen molar-refractivity contribution in [3.05, 3.63) is 70.2 Å². The summed E-state index contributed by atoms with van der Waals surface area (Å²) in [7, 11) is 3.22. The van der Waals surface area contributed by atoms with E-state index in [9.17, 15) is 9.59 Å². The zero-order valence-corrected chi connectivity index (χ0v) is 15.0. The molecule has 1 amide bonds. The topological polar surface area (TPSA) is 58.6 Å². The standard InChI is InChI=1S/C19H21ClN2O3/c1-22(12-15-4-3-5-17(20)10-15)13-18(23)21-11-14-6-8-16(9-7-14)19(24)25-2/h3-10H,11-13H2,1-2H3,(H,21,23). The number of hydrogen-bond donors (Lipinski definition) is 1. The Labute approximate surface area is 152 Å². The van der Waals surface area contributed by atoms with Gasteiger partial charge in [-0.25, -0.2) is 4.79 Å². The Bertz CT molecular complexity index is 732. The summed E-state index contributed by atoms with van der Waals surface area (Å²) in [5, 5.41) is 3.55. The summed E-state index contributed by atoms with van der Waals surface area (Å²) in [4.78, 5) is 25.3. The molecule has 2 rings (SSSR count). The number of ether oxygens (including phenoxy) is 1. The molecule has 6 heteroatoms. The van der Waals surface area contributed by atoms with Crippen LogP contribution in [0.15, 0.2) is 48.5 Å². The summed E-state index contributed by atoms with van der Waals surface area (Å²) in [5.41, 5.74) is 2.46. The van der Waals surface area contributed by atoms with E-state index in [1.54, 1.807) is 24.3 Å². The average Bonchev–Trinajstić information content (AvgIpc) is 2.59. The van der Waals surface area contributed by atoms with E-state index in [-0.39, 0.29) is 18.4 Å². The molecule has 2 aromatic rings. The third-order valence-electron chi connectivity index (χ3n) is 3.62. The molecule has 0 bridgehead atoms. The molecule has 0 unspecified atom stereocenters. The van der Waals surface area contributed by atoms with Crippen molar-refractivity contribution in [1.29, 1.82) is 0 Å². The van der Waals surface area contributed by atoms with Crippen LogP contribution in [0.4, 0.5) is 0 Å². The fraction of sp³-hybridized carbons (Fsp3) is 0.263. The molecule has 25 heavy (non-hydrogen) atoms. The highest BCUT2D eigenvalue weighted by molar-refractivity contribution is 6.30. The number of benzene rings is 2. The van der Waals surface area contributed by atoms with Gasteiger partial charge in [-0.1, -0.05) is 35.9 Å². The van der Waals surface area contributed by atoms with E-state index >= 15 is 0 Å². The van der Waals surface area contributed by atoms with Crippen molar-refractivity contribution in [1.82, 2.24) is 10.2 Å². The lowest BCUT2D eigenvalue weighted by molar-refractivity contribution is -0.122. The molecule has 1 N–H and O–H groups in total. The molecule has 0 aliphatic heterocycles. The van der Waals surface area contributed by atoms with Gasteiger partial charge in [-0.15, -0.1) is 0 Å². The molecule has 132 valence electrons. The molecule has 0 heterocycles. The van der Waals surface area contributed by atoms with Crippen LogP contribution in [0.5, 0.6) is 0 Å². The zero-order chi connectivity index (χ0) is 18.2. The molecule has 0 fully saturated rings. The molecule has 0 aliphatic rings. The first-order chi connectivity index (χ1) is 12.0. The van der Waals surface area contributed by atoms with E-state index in [0.29, 0.717) is 23.7 Å². The van der Waals surface area contributed by atoms with Crippen molar-refractivity contribution < 1.29 is 14.3 Å². The molecule has 0 aromatic heterocycles. The van der Waals surface area contributed by atoms with Crippen LogP contribution >= 0.6 is 11.6 Å². The summed E-state index contributed by atoms with van der Waals surface area (Å²) in [6.45, 7) is 1.33. The van der Waals surface area contributed by atoms with Gasteiger partial charge < -0.3 is 10.1 Å². The van der Waals surface area contributed by atoms with Crippen LogP contribution in [0.3, 0.4) is 0 Å². The van der Waals surface area contributed by atoms with Gasteiger partial charge in [-0.2, -0.15) is 0 Å². The molecule has 0 radical (unpaired) electrons. The number of nitrogens with one attached hydrogen (secondary N) is 1. The Kier molecular flexibility index (Phi) is 6.98. The fourth-order valence-electron chi connectivity index (χ4n) is 2.38. The van der Waals surface area contributed by atoms with Crippen molar-refractivity contribution in [2.45, 2.75) is 13.1 Å².